The monoisotopic (exact) mass is 180 g/mol. The van der Waals surface area contributed by atoms with Crippen molar-refractivity contribution in [3.05, 3.63) is 30.2 Å². The maximum absolute atomic E-state index is 11.0. The standard InChI is InChI=1S/C9H8O4/c10-5-6-4-8(13-9(6)11)7-2-1-3-12-7/h1-4,6,10H,5H2. The SMILES string of the molecule is O=C1OC(c2ccco2)=CC1CO. The molecule has 2 heterocycles. The molecule has 0 saturated carbocycles. The Balaban J connectivity index is 2.24. The Morgan fingerprint density at radius 3 is 2.92 bits per heavy atom. The summed E-state index contributed by atoms with van der Waals surface area (Å²) in [5.41, 5.74) is 0. The first-order valence-electron chi connectivity index (χ1n) is 3.89. The van der Waals surface area contributed by atoms with E-state index in [9.17, 15) is 4.79 Å². The van der Waals surface area contributed by atoms with Gasteiger partial charge >= 0.3 is 5.97 Å². The van der Waals surface area contributed by atoms with Gasteiger partial charge in [0.1, 0.15) is 5.92 Å². The first-order valence-corrected chi connectivity index (χ1v) is 3.89. The average molecular weight is 180 g/mol. The van der Waals surface area contributed by atoms with E-state index in [0.29, 0.717) is 11.5 Å². The van der Waals surface area contributed by atoms with E-state index in [-0.39, 0.29) is 6.61 Å². The Labute approximate surface area is 74.4 Å². The zero-order chi connectivity index (χ0) is 9.26. The number of carbonyl (C=O) groups excluding carboxylic acids is 1. The van der Waals surface area contributed by atoms with Crippen LogP contribution >= 0.6 is 0 Å². The van der Waals surface area contributed by atoms with Crippen LogP contribution < -0.4 is 0 Å². The molecule has 0 bridgehead atoms. The minimum absolute atomic E-state index is 0.233. The molecule has 0 aromatic carbocycles. The highest BCUT2D eigenvalue weighted by Crippen LogP contribution is 2.26. The number of furan rings is 1. The Bertz CT molecular complexity index is 337. The molecule has 4 nitrogen and oxygen atoms in total. The van der Waals surface area contributed by atoms with Crippen LogP contribution in [0, 0.1) is 5.92 Å². The van der Waals surface area contributed by atoms with Crippen molar-refractivity contribution in [3.63, 3.8) is 0 Å². The van der Waals surface area contributed by atoms with E-state index in [1.165, 1.54) is 6.26 Å². The third-order valence-corrected chi connectivity index (χ3v) is 1.83. The Hall–Kier alpha value is -1.55. The van der Waals surface area contributed by atoms with E-state index >= 15 is 0 Å². The molecule has 0 aliphatic carbocycles. The van der Waals surface area contributed by atoms with E-state index in [0.717, 1.165) is 0 Å². The molecule has 0 spiro atoms. The molecule has 1 aliphatic rings. The summed E-state index contributed by atoms with van der Waals surface area (Å²) < 4.78 is 9.91. The van der Waals surface area contributed by atoms with Gasteiger partial charge in [-0.25, -0.2) is 0 Å². The van der Waals surface area contributed by atoms with Gasteiger partial charge in [0, 0.05) is 0 Å². The van der Waals surface area contributed by atoms with Gasteiger partial charge in [0.05, 0.1) is 12.9 Å². The van der Waals surface area contributed by atoms with Crippen LogP contribution in [0.5, 0.6) is 0 Å². The van der Waals surface area contributed by atoms with Crippen LogP contribution in [0.15, 0.2) is 28.9 Å². The third kappa shape index (κ3) is 1.36. The second-order valence-electron chi connectivity index (χ2n) is 2.72. The molecule has 1 unspecified atom stereocenters. The second kappa shape index (κ2) is 3.06. The first-order chi connectivity index (χ1) is 6.31. The van der Waals surface area contributed by atoms with Crippen molar-refractivity contribution in [3.8, 4) is 0 Å². The summed E-state index contributed by atoms with van der Waals surface area (Å²) in [5, 5.41) is 8.78. The topological polar surface area (TPSA) is 59.7 Å². The van der Waals surface area contributed by atoms with Crippen molar-refractivity contribution >= 4 is 11.7 Å². The van der Waals surface area contributed by atoms with Crippen LogP contribution in [0.4, 0.5) is 0 Å². The molecule has 0 saturated heterocycles. The Morgan fingerprint density at radius 2 is 2.38 bits per heavy atom. The highest BCUT2D eigenvalue weighted by Gasteiger charge is 2.28. The van der Waals surface area contributed by atoms with Crippen molar-refractivity contribution in [2.75, 3.05) is 6.61 Å². The van der Waals surface area contributed by atoms with Gasteiger partial charge in [0.15, 0.2) is 11.5 Å². The molecule has 68 valence electrons. The van der Waals surface area contributed by atoms with Gasteiger partial charge in [-0.3, -0.25) is 4.79 Å². The predicted octanol–water partition coefficient (Wildman–Crippen LogP) is 0.786. The van der Waals surface area contributed by atoms with Crippen molar-refractivity contribution in [2.45, 2.75) is 0 Å². The van der Waals surface area contributed by atoms with Crippen molar-refractivity contribution in [1.82, 2.24) is 0 Å². The number of hydrogen-bond acceptors (Lipinski definition) is 4. The highest BCUT2D eigenvalue weighted by atomic mass is 16.6. The molecule has 0 amide bonds. The first kappa shape index (κ1) is 8.07. The minimum atomic E-state index is -0.555. The van der Waals surface area contributed by atoms with E-state index < -0.39 is 11.9 Å². The summed E-state index contributed by atoms with van der Waals surface area (Å²) in [5.74, 6) is -0.104. The van der Waals surface area contributed by atoms with Crippen LogP contribution in [0.3, 0.4) is 0 Å². The summed E-state index contributed by atoms with van der Waals surface area (Å²) in [4.78, 5) is 11.0. The smallest absolute Gasteiger partial charge is 0.320 e. The van der Waals surface area contributed by atoms with Crippen LogP contribution in [0.25, 0.3) is 5.76 Å². The van der Waals surface area contributed by atoms with Gasteiger partial charge in [0.25, 0.3) is 0 Å². The second-order valence-corrected chi connectivity index (χ2v) is 2.72. The van der Waals surface area contributed by atoms with Gasteiger partial charge in [-0.2, -0.15) is 0 Å². The molecule has 1 aliphatic heterocycles. The maximum atomic E-state index is 11.0. The zero-order valence-electron chi connectivity index (χ0n) is 6.77. The molecule has 0 radical (unpaired) electrons. The fourth-order valence-corrected chi connectivity index (χ4v) is 1.15. The summed E-state index contributed by atoms with van der Waals surface area (Å²) >= 11 is 0. The lowest BCUT2D eigenvalue weighted by molar-refractivity contribution is -0.138. The predicted molar refractivity (Wildman–Crippen MR) is 43.4 cm³/mol. The van der Waals surface area contributed by atoms with Gasteiger partial charge < -0.3 is 14.3 Å². The number of carbonyl (C=O) groups is 1. The molecule has 1 aromatic rings. The van der Waals surface area contributed by atoms with E-state index in [1.54, 1.807) is 18.2 Å². The molecular weight excluding hydrogens is 172 g/mol. The molecule has 1 N–H and O–H groups in total. The fraction of sp³-hybridized carbons (Fsp3) is 0.222. The van der Waals surface area contributed by atoms with Crippen molar-refractivity contribution in [1.29, 1.82) is 0 Å². The van der Waals surface area contributed by atoms with Crippen LogP contribution in [-0.4, -0.2) is 17.7 Å². The maximum Gasteiger partial charge on any atom is 0.320 e. The molecule has 4 heteroatoms. The Kier molecular flexibility index (Phi) is 1.90. The lowest BCUT2D eigenvalue weighted by Crippen LogP contribution is -2.11. The Morgan fingerprint density at radius 1 is 1.54 bits per heavy atom. The molecule has 1 atom stereocenters. The average Bonchev–Trinajstić information content (AvgIpc) is 2.71. The molecule has 1 aromatic heterocycles. The van der Waals surface area contributed by atoms with Crippen molar-refractivity contribution in [2.24, 2.45) is 5.92 Å². The fourth-order valence-electron chi connectivity index (χ4n) is 1.15. The van der Waals surface area contributed by atoms with Gasteiger partial charge in [-0.15, -0.1) is 0 Å². The van der Waals surface area contributed by atoms with Gasteiger partial charge in [-0.1, -0.05) is 0 Å². The number of aliphatic hydroxyl groups is 1. The summed E-state index contributed by atoms with van der Waals surface area (Å²) in [6.45, 7) is -0.233. The molecule has 0 fully saturated rings. The van der Waals surface area contributed by atoms with Crippen LogP contribution in [-0.2, 0) is 9.53 Å². The van der Waals surface area contributed by atoms with Crippen LogP contribution in [0.1, 0.15) is 5.76 Å². The normalized spacial score (nSPS) is 21.5. The molecule has 2 rings (SSSR count). The molecular formula is C9H8O4. The highest BCUT2D eigenvalue weighted by molar-refractivity contribution is 5.86. The molecule has 13 heavy (non-hydrogen) atoms. The number of esters is 1. The largest absolute Gasteiger partial charge is 0.461 e. The van der Waals surface area contributed by atoms with Gasteiger partial charge in [0.2, 0.25) is 0 Å². The zero-order valence-corrected chi connectivity index (χ0v) is 6.77. The number of rotatable bonds is 2. The summed E-state index contributed by atoms with van der Waals surface area (Å²) in [6.07, 6.45) is 3.05. The van der Waals surface area contributed by atoms with Crippen LogP contribution in [0.2, 0.25) is 0 Å². The summed E-state index contributed by atoms with van der Waals surface area (Å²) in [6, 6.07) is 3.40. The van der Waals surface area contributed by atoms with Crippen molar-refractivity contribution < 1.29 is 19.1 Å². The quantitative estimate of drug-likeness (QED) is 0.683. The number of aliphatic hydroxyl groups excluding tert-OH is 1. The lowest BCUT2D eigenvalue weighted by Gasteiger charge is -1.97. The number of cyclic esters (lactones) is 1. The van der Waals surface area contributed by atoms with E-state index in [2.05, 4.69) is 0 Å². The van der Waals surface area contributed by atoms with Gasteiger partial charge in [-0.05, 0) is 18.2 Å². The lowest BCUT2D eigenvalue weighted by atomic mass is 10.1. The summed E-state index contributed by atoms with van der Waals surface area (Å²) in [7, 11) is 0. The minimum Gasteiger partial charge on any atom is -0.461 e. The number of hydrogen-bond donors (Lipinski definition) is 1. The number of ether oxygens (including phenoxy) is 1. The van der Waals surface area contributed by atoms with E-state index in [1.807, 2.05) is 0 Å². The van der Waals surface area contributed by atoms with E-state index in [4.69, 9.17) is 14.3 Å². The third-order valence-electron chi connectivity index (χ3n) is 1.83.